The van der Waals surface area contributed by atoms with Gasteiger partial charge in [-0.15, -0.1) is 17.0 Å². The molecule has 78 valence electrons. The van der Waals surface area contributed by atoms with Crippen LogP contribution >= 0.6 is 17.0 Å². The molecule has 14 heavy (non-hydrogen) atoms. The summed E-state index contributed by atoms with van der Waals surface area (Å²) in [5.41, 5.74) is 6.79. The second-order valence-electron chi connectivity index (χ2n) is 3.11. The number of nitrogens with zero attached hydrogens (tertiary/aromatic N) is 1. The molecule has 0 amide bonds. The Morgan fingerprint density at radius 3 is 2.36 bits per heavy atom. The average Bonchev–Trinajstić information content (AvgIpc) is 2.15. The van der Waals surface area contributed by atoms with Crippen molar-refractivity contribution in [3.63, 3.8) is 0 Å². The maximum absolute atomic E-state index is 5.56. The summed E-state index contributed by atoms with van der Waals surface area (Å²) in [6.45, 7) is 3.94. The number of rotatable bonds is 3. The zero-order valence-corrected chi connectivity index (χ0v) is 10.3. The van der Waals surface area contributed by atoms with Crippen molar-refractivity contribution in [2.75, 3.05) is 0 Å². The molecule has 0 fully saturated rings. The molecule has 1 aromatic rings. The van der Waals surface area contributed by atoms with Gasteiger partial charge in [0.15, 0.2) is 0 Å². The van der Waals surface area contributed by atoms with Crippen LogP contribution in [-0.2, 0) is 0 Å². The van der Waals surface area contributed by atoms with Crippen LogP contribution in [0.2, 0.25) is 0 Å². The molecule has 0 aliphatic rings. The van der Waals surface area contributed by atoms with Gasteiger partial charge in [0.05, 0.1) is 11.9 Å². The summed E-state index contributed by atoms with van der Waals surface area (Å²) >= 11 is 0. The number of halogens is 1. The van der Waals surface area contributed by atoms with Gasteiger partial charge in [0.2, 0.25) is 0 Å². The molecule has 2 nitrogen and oxygen atoms in total. The van der Waals surface area contributed by atoms with E-state index in [2.05, 4.69) is 24.0 Å². The molecule has 0 aliphatic heterocycles. The van der Waals surface area contributed by atoms with Crippen molar-refractivity contribution in [1.82, 2.24) is 0 Å². The first kappa shape index (κ1) is 13.2. The van der Waals surface area contributed by atoms with E-state index in [0.29, 0.717) is 5.84 Å². The number of nitrogens with two attached hydrogens (primary N) is 1. The van der Waals surface area contributed by atoms with Gasteiger partial charge in [0.1, 0.15) is 0 Å². The van der Waals surface area contributed by atoms with Gasteiger partial charge in [-0.25, -0.2) is 0 Å². The van der Waals surface area contributed by atoms with Crippen LogP contribution in [0.3, 0.4) is 0 Å². The van der Waals surface area contributed by atoms with Crippen LogP contribution in [0.5, 0.6) is 0 Å². The van der Waals surface area contributed by atoms with Gasteiger partial charge in [-0.3, -0.25) is 4.99 Å². The fourth-order valence-electron chi connectivity index (χ4n) is 1.32. The topological polar surface area (TPSA) is 38.4 Å². The third kappa shape index (κ3) is 3.92. The van der Waals surface area contributed by atoms with Gasteiger partial charge in [0, 0.05) is 0 Å². The minimum atomic E-state index is 0. The zero-order chi connectivity index (χ0) is 9.68. The Balaban J connectivity index is 0.00000169. The lowest BCUT2D eigenvalue weighted by atomic mass is 10.1. The first-order valence-electron chi connectivity index (χ1n) is 4.59. The summed E-state index contributed by atoms with van der Waals surface area (Å²) in [6, 6.07) is 10.4. The highest BCUT2D eigenvalue weighted by Crippen LogP contribution is 2.19. The van der Waals surface area contributed by atoms with Crippen molar-refractivity contribution in [2.45, 2.75) is 26.3 Å². The molecule has 0 aliphatic carbocycles. The van der Waals surface area contributed by atoms with E-state index in [9.17, 15) is 0 Å². The molecule has 0 heterocycles. The van der Waals surface area contributed by atoms with Crippen molar-refractivity contribution >= 4 is 22.8 Å². The van der Waals surface area contributed by atoms with Crippen LogP contribution in [0.1, 0.15) is 31.9 Å². The number of hydrogen-bond acceptors (Lipinski definition) is 1. The van der Waals surface area contributed by atoms with Crippen LogP contribution in [0, 0.1) is 0 Å². The lowest BCUT2D eigenvalue weighted by molar-refractivity contribution is 0.700. The molecule has 0 radical (unpaired) electrons. The first-order chi connectivity index (χ1) is 6.24. The van der Waals surface area contributed by atoms with Gasteiger partial charge in [-0.2, -0.15) is 0 Å². The van der Waals surface area contributed by atoms with Gasteiger partial charge in [-0.1, -0.05) is 37.3 Å². The van der Waals surface area contributed by atoms with Crippen LogP contribution in [-0.4, -0.2) is 5.84 Å². The highest BCUT2D eigenvalue weighted by atomic mass is 79.9. The second-order valence-corrected chi connectivity index (χ2v) is 3.11. The molecule has 0 bridgehead atoms. The fourth-order valence-corrected chi connectivity index (χ4v) is 1.32. The van der Waals surface area contributed by atoms with E-state index in [4.69, 9.17) is 5.73 Å². The third-order valence-electron chi connectivity index (χ3n) is 1.93. The van der Waals surface area contributed by atoms with Crippen molar-refractivity contribution in [1.29, 1.82) is 0 Å². The molecule has 1 atom stereocenters. The van der Waals surface area contributed by atoms with Crippen LogP contribution in [0.4, 0.5) is 0 Å². The minimum absolute atomic E-state index is 0. The van der Waals surface area contributed by atoms with E-state index in [1.165, 1.54) is 5.56 Å². The molecule has 0 saturated heterocycles. The standard InChI is InChI=1S/C11H16N2.BrH/c1-3-11(13-9(2)12)10-7-5-4-6-8-10;/h4-8,11H,3H2,1-2H3,(H2,12,13);1H. The van der Waals surface area contributed by atoms with E-state index in [0.717, 1.165) is 6.42 Å². The molecule has 1 unspecified atom stereocenters. The molecule has 1 rings (SSSR count). The van der Waals surface area contributed by atoms with Gasteiger partial charge in [-0.05, 0) is 18.9 Å². The number of hydrogen-bond donors (Lipinski definition) is 1. The summed E-state index contributed by atoms with van der Waals surface area (Å²) < 4.78 is 0. The predicted octanol–water partition coefficient (Wildman–Crippen LogP) is 3.09. The van der Waals surface area contributed by atoms with Crippen molar-refractivity contribution in [2.24, 2.45) is 10.7 Å². The van der Waals surface area contributed by atoms with Crippen molar-refractivity contribution < 1.29 is 0 Å². The summed E-state index contributed by atoms with van der Waals surface area (Å²) in [6.07, 6.45) is 0.985. The number of benzene rings is 1. The van der Waals surface area contributed by atoms with Crippen LogP contribution < -0.4 is 5.73 Å². The molecular formula is C11H17BrN2. The Labute approximate surface area is 96.0 Å². The maximum Gasteiger partial charge on any atom is 0.0913 e. The van der Waals surface area contributed by atoms with Gasteiger partial charge < -0.3 is 5.73 Å². The third-order valence-corrected chi connectivity index (χ3v) is 1.93. The lowest BCUT2D eigenvalue weighted by Gasteiger charge is -2.10. The summed E-state index contributed by atoms with van der Waals surface area (Å²) in [7, 11) is 0. The average molecular weight is 257 g/mol. The largest absolute Gasteiger partial charge is 0.388 e. The summed E-state index contributed by atoms with van der Waals surface area (Å²) in [4.78, 5) is 4.36. The van der Waals surface area contributed by atoms with Crippen LogP contribution in [0.25, 0.3) is 0 Å². The Bertz CT molecular complexity index is 279. The molecule has 0 spiro atoms. The number of aliphatic imine (C=N–C) groups is 1. The second kappa shape index (κ2) is 6.60. The molecule has 2 N–H and O–H groups in total. The zero-order valence-electron chi connectivity index (χ0n) is 8.60. The highest BCUT2D eigenvalue weighted by molar-refractivity contribution is 8.93. The lowest BCUT2D eigenvalue weighted by Crippen LogP contribution is -2.08. The normalized spacial score (nSPS) is 13.1. The Morgan fingerprint density at radius 2 is 1.93 bits per heavy atom. The fraction of sp³-hybridized carbons (Fsp3) is 0.364. The van der Waals surface area contributed by atoms with Gasteiger partial charge in [0.25, 0.3) is 0 Å². The van der Waals surface area contributed by atoms with Crippen LogP contribution in [0.15, 0.2) is 35.3 Å². The maximum atomic E-state index is 5.56. The monoisotopic (exact) mass is 256 g/mol. The van der Waals surface area contributed by atoms with E-state index in [-0.39, 0.29) is 23.0 Å². The smallest absolute Gasteiger partial charge is 0.0913 e. The van der Waals surface area contributed by atoms with Crippen molar-refractivity contribution in [3.05, 3.63) is 35.9 Å². The Kier molecular flexibility index (Phi) is 6.21. The summed E-state index contributed by atoms with van der Waals surface area (Å²) in [5.74, 6) is 0.649. The van der Waals surface area contributed by atoms with E-state index in [1.807, 2.05) is 25.1 Å². The number of amidine groups is 1. The van der Waals surface area contributed by atoms with Crippen molar-refractivity contribution in [3.8, 4) is 0 Å². The van der Waals surface area contributed by atoms with Gasteiger partial charge >= 0.3 is 0 Å². The molecule has 1 aromatic carbocycles. The first-order valence-corrected chi connectivity index (χ1v) is 4.59. The molecular weight excluding hydrogens is 240 g/mol. The molecule has 0 aromatic heterocycles. The Morgan fingerprint density at radius 1 is 1.36 bits per heavy atom. The predicted molar refractivity (Wildman–Crippen MR) is 67.1 cm³/mol. The highest BCUT2D eigenvalue weighted by Gasteiger charge is 2.05. The molecule has 3 heteroatoms. The Hall–Kier alpha value is -0.830. The quantitative estimate of drug-likeness (QED) is 0.655. The SMILES string of the molecule is Br.CCC(N=C(C)N)c1ccccc1. The van der Waals surface area contributed by atoms with E-state index in [1.54, 1.807) is 0 Å². The minimum Gasteiger partial charge on any atom is -0.388 e. The summed E-state index contributed by atoms with van der Waals surface area (Å²) in [5, 5.41) is 0. The van der Waals surface area contributed by atoms with E-state index >= 15 is 0 Å². The molecule has 0 saturated carbocycles. The van der Waals surface area contributed by atoms with E-state index < -0.39 is 0 Å².